The summed E-state index contributed by atoms with van der Waals surface area (Å²) in [7, 11) is 0. The molecule has 1 N–H and O–H groups in total. The number of hydrogen-bond donors (Lipinski definition) is 1. The molecule has 0 aliphatic carbocycles. The molecule has 3 aliphatic rings. The van der Waals surface area contributed by atoms with Crippen molar-refractivity contribution in [3.8, 4) is 22.5 Å². The van der Waals surface area contributed by atoms with E-state index in [1.165, 1.54) is 5.56 Å². The number of piperidine rings is 2. The van der Waals surface area contributed by atoms with Gasteiger partial charge in [-0.05, 0) is 63.0 Å². The molecule has 0 bridgehead atoms. The van der Waals surface area contributed by atoms with Crippen LogP contribution in [0.25, 0.3) is 22.5 Å². The van der Waals surface area contributed by atoms with Crippen LogP contribution in [0.15, 0.2) is 72.8 Å². The van der Waals surface area contributed by atoms with Gasteiger partial charge < -0.3 is 15.0 Å². The van der Waals surface area contributed by atoms with Crippen molar-refractivity contribution in [1.82, 2.24) is 20.1 Å². The van der Waals surface area contributed by atoms with E-state index in [0.717, 1.165) is 67.8 Å². The fourth-order valence-corrected chi connectivity index (χ4v) is 6.51. The molecule has 6 nitrogen and oxygen atoms in total. The maximum absolute atomic E-state index is 14.1. The second-order valence-electron chi connectivity index (χ2n) is 10.8. The smallest absolute Gasteiger partial charge is 0.227 e. The number of carbonyl (C=O) groups excluding carboxylic acids is 1. The fourth-order valence-electron chi connectivity index (χ4n) is 6.51. The number of carbonyl (C=O) groups is 1. The molecular weight excluding hydrogens is 472 g/mol. The molecule has 1 amide bonds. The van der Waals surface area contributed by atoms with Crippen molar-refractivity contribution in [2.24, 2.45) is 5.92 Å². The third kappa shape index (κ3) is 5.39. The Morgan fingerprint density at radius 2 is 1.42 bits per heavy atom. The highest BCUT2D eigenvalue weighted by Crippen LogP contribution is 2.42. The minimum absolute atomic E-state index is 0.0371. The lowest BCUT2D eigenvalue weighted by Crippen LogP contribution is -2.53. The normalized spacial score (nSPS) is 23.3. The predicted molar refractivity (Wildman–Crippen MR) is 151 cm³/mol. The van der Waals surface area contributed by atoms with Gasteiger partial charge in [-0.1, -0.05) is 60.7 Å². The molecular formula is C32H38N4O2. The van der Waals surface area contributed by atoms with Crippen molar-refractivity contribution in [3.05, 3.63) is 78.4 Å². The number of benzene rings is 2. The molecule has 2 atom stereocenters. The van der Waals surface area contributed by atoms with Crippen LogP contribution in [-0.4, -0.2) is 72.7 Å². The molecule has 2 aromatic carbocycles. The Morgan fingerprint density at radius 3 is 2.03 bits per heavy atom. The first-order valence-corrected chi connectivity index (χ1v) is 14.2. The van der Waals surface area contributed by atoms with Gasteiger partial charge in [-0.2, -0.15) is 0 Å². The second-order valence-corrected chi connectivity index (χ2v) is 10.8. The Morgan fingerprint density at radius 1 is 0.816 bits per heavy atom. The molecule has 1 unspecified atom stereocenters. The fraction of sp³-hybridized carbons (Fsp3) is 0.438. The summed E-state index contributed by atoms with van der Waals surface area (Å²) < 4.78 is 5.57. The highest BCUT2D eigenvalue weighted by atomic mass is 16.5. The third-order valence-electron chi connectivity index (χ3n) is 8.42. The maximum Gasteiger partial charge on any atom is 0.227 e. The van der Waals surface area contributed by atoms with E-state index in [1.807, 2.05) is 17.0 Å². The van der Waals surface area contributed by atoms with Crippen LogP contribution >= 0.6 is 0 Å². The van der Waals surface area contributed by atoms with E-state index >= 15 is 0 Å². The highest BCUT2D eigenvalue weighted by Gasteiger charge is 2.42. The molecule has 4 heterocycles. The number of likely N-dealkylation sites (tertiary alicyclic amines) is 1. The van der Waals surface area contributed by atoms with Crippen molar-refractivity contribution in [2.75, 3.05) is 45.9 Å². The number of nitrogens with zero attached hydrogens (tertiary/aromatic N) is 3. The van der Waals surface area contributed by atoms with E-state index < -0.39 is 0 Å². The van der Waals surface area contributed by atoms with Gasteiger partial charge in [0.1, 0.15) is 0 Å². The van der Waals surface area contributed by atoms with Crippen LogP contribution in [0, 0.1) is 5.92 Å². The van der Waals surface area contributed by atoms with Crippen molar-refractivity contribution < 1.29 is 9.53 Å². The molecule has 198 valence electrons. The summed E-state index contributed by atoms with van der Waals surface area (Å²) in [5.74, 6) is 0.225. The first kappa shape index (κ1) is 25.2. The monoisotopic (exact) mass is 510 g/mol. The van der Waals surface area contributed by atoms with Gasteiger partial charge in [-0.3, -0.25) is 9.69 Å². The summed E-state index contributed by atoms with van der Waals surface area (Å²) in [6.07, 6.45) is 4.23. The van der Waals surface area contributed by atoms with Crippen LogP contribution in [0.1, 0.15) is 37.3 Å². The molecule has 0 saturated carbocycles. The zero-order valence-electron chi connectivity index (χ0n) is 22.1. The molecule has 3 saturated heterocycles. The summed E-state index contributed by atoms with van der Waals surface area (Å²) in [5.41, 5.74) is 5.35. The number of amides is 1. The maximum atomic E-state index is 14.1. The molecule has 3 aliphatic heterocycles. The summed E-state index contributed by atoms with van der Waals surface area (Å²) in [6, 6.07) is 25.9. The Labute approximate surface area is 226 Å². The number of rotatable bonds is 5. The van der Waals surface area contributed by atoms with Crippen LogP contribution in [0.5, 0.6) is 0 Å². The van der Waals surface area contributed by atoms with Gasteiger partial charge >= 0.3 is 0 Å². The van der Waals surface area contributed by atoms with E-state index in [2.05, 4.69) is 70.9 Å². The molecule has 3 fully saturated rings. The Kier molecular flexibility index (Phi) is 7.81. The number of hydrogen-bond acceptors (Lipinski definition) is 5. The summed E-state index contributed by atoms with van der Waals surface area (Å²) >= 11 is 0. The molecule has 6 heteroatoms. The second kappa shape index (κ2) is 11.8. The van der Waals surface area contributed by atoms with Crippen molar-refractivity contribution in [2.45, 2.75) is 37.8 Å². The standard InChI is InChI=1S/C32H38N4O2/c37-32(35-18-20-38-21-19-35)28-12-7-17-36(27-13-15-33-16-14-27)31(28)26-22-29(24-8-3-1-4-9-24)34-30(23-26)25-10-5-2-6-11-25/h1-6,8-11,22-23,27-28,31,33H,7,12-21H2/t28-,31?/m1/s1. The van der Waals surface area contributed by atoms with Gasteiger partial charge in [0.05, 0.1) is 30.5 Å². The molecule has 0 spiro atoms. The third-order valence-corrected chi connectivity index (χ3v) is 8.42. The minimum Gasteiger partial charge on any atom is -0.378 e. The average molecular weight is 511 g/mol. The van der Waals surface area contributed by atoms with Crippen LogP contribution < -0.4 is 5.32 Å². The number of pyridine rings is 1. The summed E-state index contributed by atoms with van der Waals surface area (Å²) in [5, 5.41) is 3.53. The lowest BCUT2D eigenvalue weighted by Gasteiger charge is -2.47. The van der Waals surface area contributed by atoms with Crippen LogP contribution in [0.2, 0.25) is 0 Å². The molecule has 0 radical (unpaired) electrons. The van der Waals surface area contributed by atoms with Gasteiger partial charge in [0.2, 0.25) is 5.91 Å². The molecule has 6 rings (SSSR count). The number of nitrogens with one attached hydrogen (secondary N) is 1. The van der Waals surface area contributed by atoms with Gasteiger partial charge in [0, 0.05) is 36.3 Å². The zero-order valence-corrected chi connectivity index (χ0v) is 22.1. The Balaban J connectivity index is 1.46. The van der Waals surface area contributed by atoms with E-state index in [4.69, 9.17) is 9.72 Å². The Bertz CT molecular complexity index is 1150. The van der Waals surface area contributed by atoms with Gasteiger partial charge in [0.25, 0.3) is 0 Å². The molecule has 38 heavy (non-hydrogen) atoms. The van der Waals surface area contributed by atoms with Crippen LogP contribution in [-0.2, 0) is 9.53 Å². The van der Waals surface area contributed by atoms with Crippen LogP contribution in [0.4, 0.5) is 0 Å². The largest absolute Gasteiger partial charge is 0.378 e. The van der Waals surface area contributed by atoms with Gasteiger partial charge in [0.15, 0.2) is 0 Å². The van der Waals surface area contributed by atoms with Crippen molar-refractivity contribution in [3.63, 3.8) is 0 Å². The summed E-state index contributed by atoms with van der Waals surface area (Å²) in [6.45, 7) is 5.76. The number of ether oxygens (including phenoxy) is 1. The quantitative estimate of drug-likeness (QED) is 0.536. The van der Waals surface area contributed by atoms with E-state index in [0.29, 0.717) is 32.3 Å². The topological polar surface area (TPSA) is 57.7 Å². The van der Waals surface area contributed by atoms with Crippen molar-refractivity contribution >= 4 is 5.91 Å². The lowest BCUT2D eigenvalue weighted by atomic mass is 9.81. The lowest BCUT2D eigenvalue weighted by molar-refractivity contribution is -0.145. The van der Waals surface area contributed by atoms with Crippen LogP contribution in [0.3, 0.4) is 0 Å². The van der Waals surface area contributed by atoms with E-state index in [9.17, 15) is 4.79 Å². The molecule has 1 aromatic heterocycles. The first-order chi connectivity index (χ1) is 18.8. The van der Waals surface area contributed by atoms with E-state index in [-0.39, 0.29) is 17.9 Å². The predicted octanol–water partition coefficient (Wildman–Crippen LogP) is 4.78. The Hall–Kier alpha value is -3.06. The SMILES string of the molecule is O=C([C@@H]1CCCN(C2CCNCC2)C1c1cc(-c2ccccc2)nc(-c2ccccc2)c1)N1CCOCC1. The number of morpholine rings is 1. The average Bonchev–Trinajstić information content (AvgIpc) is 3.02. The van der Waals surface area contributed by atoms with E-state index in [1.54, 1.807) is 0 Å². The summed E-state index contributed by atoms with van der Waals surface area (Å²) in [4.78, 5) is 23.9. The molecule has 3 aromatic rings. The van der Waals surface area contributed by atoms with Gasteiger partial charge in [-0.25, -0.2) is 4.98 Å². The number of aromatic nitrogens is 1. The van der Waals surface area contributed by atoms with Crippen molar-refractivity contribution in [1.29, 1.82) is 0 Å². The minimum atomic E-state index is -0.0635. The first-order valence-electron chi connectivity index (χ1n) is 14.2. The highest BCUT2D eigenvalue weighted by molar-refractivity contribution is 5.80. The van der Waals surface area contributed by atoms with Gasteiger partial charge in [-0.15, -0.1) is 0 Å². The zero-order chi connectivity index (χ0) is 25.7.